The van der Waals surface area contributed by atoms with E-state index in [1.165, 1.54) is 6.92 Å². The van der Waals surface area contributed by atoms with Gasteiger partial charge in [-0.1, -0.05) is 12.1 Å². The molecule has 1 saturated heterocycles. The van der Waals surface area contributed by atoms with E-state index in [-0.39, 0.29) is 12.0 Å². The molecule has 2 N–H and O–H groups in total. The Morgan fingerprint density at radius 1 is 1.39 bits per heavy atom. The first-order chi connectivity index (χ1) is 11.1. The highest BCUT2D eigenvalue weighted by molar-refractivity contribution is 5.89. The van der Waals surface area contributed by atoms with Crippen LogP contribution in [-0.4, -0.2) is 40.2 Å². The maximum Gasteiger partial charge on any atom is 0.221 e. The number of β-amino-alcohol motifs (C(OH)–C–C–N with tert-alkyl or cyclic N) is 1. The molecule has 1 fully saturated rings. The number of amides is 1. The molecule has 2 aromatic rings. The number of piperidine rings is 1. The van der Waals surface area contributed by atoms with Crippen LogP contribution in [0.2, 0.25) is 0 Å². The predicted octanol–water partition coefficient (Wildman–Crippen LogP) is 2.06. The Kier molecular flexibility index (Phi) is 4.52. The second-order valence-corrected chi connectivity index (χ2v) is 5.74. The highest BCUT2D eigenvalue weighted by atomic mass is 16.3. The number of carbonyl (C=O) groups is 1. The van der Waals surface area contributed by atoms with Crippen molar-refractivity contribution in [2.75, 3.05) is 23.3 Å². The lowest BCUT2D eigenvalue weighted by Crippen LogP contribution is -2.38. The van der Waals surface area contributed by atoms with Crippen LogP contribution in [0, 0.1) is 0 Å². The van der Waals surface area contributed by atoms with Crippen LogP contribution in [0.4, 0.5) is 11.5 Å². The highest BCUT2D eigenvalue weighted by Gasteiger charge is 2.19. The van der Waals surface area contributed by atoms with Crippen LogP contribution in [-0.2, 0) is 4.79 Å². The molecule has 1 aliphatic rings. The van der Waals surface area contributed by atoms with Crippen molar-refractivity contribution in [2.24, 2.45) is 0 Å². The zero-order chi connectivity index (χ0) is 16.2. The van der Waals surface area contributed by atoms with Gasteiger partial charge >= 0.3 is 0 Å². The van der Waals surface area contributed by atoms with Gasteiger partial charge in [0, 0.05) is 37.5 Å². The number of aromatic nitrogens is 2. The summed E-state index contributed by atoms with van der Waals surface area (Å²) in [4.78, 5) is 22.2. The van der Waals surface area contributed by atoms with Crippen molar-refractivity contribution in [1.29, 1.82) is 0 Å². The van der Waals surface area contributed by atoms with Gasteiger partial charge in [0.15, 0.2) is 5.82 Å². The van der Waals surface area contributed by atoms with Crippen LogP contribution in [0.1, 0.15) is 19.8 Å². The average molecular weight is 312 g/mol. The molecule has 1 aromatic carbocycles. The largest absolute Gasteiger partial charge is 0.391 e. The Morgan fingerprint density at radius 3 is 3.04 bits per heavy atom. The molecule has 1 aromatic heterocycles. The monoisotopic (exact) mass is 312 g/mol. The van der Waals surface area contributed by atoms with Gasteiger partial charge in [-0.25, -0.2) is 9.97 Å². The molecule has 23 heavy (non-hydrogen) atoms. The summed E-state index contributed by atoms with van der Waals surface area (Å²) in [6.45, 7) is 2.97. The maximum atomic E-state index is 11.2. The Balaban J connectivity index is 1.86. The molecule has 0 saturated carbocycles. The first kappa shape index (κ1) is 15.4. The Morgan fingerprint density at radius 2 is 2.26 bits per heavy atom. The summed E-state index contributed by atoms with van der Waals surface area (Å²) in [5.41, 5.74) is 1.56. The molecule has 2 heterocycles. The van der Waals surface area contributed by atoms with Crippen LogP contribution in [0.25, 0.3) is 11.4 Å². The number of carbonyl (C=O) groups excluding carboxylic acids is 1. The molecule has 0 aliphatic carbocycles. The number of nitrogens with zero attached hydrogens (tertiary/aromatic N) is 3. The maximum absolute atomic E-state index is 11.2. The molecule has 1 atom stereocenters. The minimum Gasteiger partial charge on any atom is -0.391 e. The lowest BCUT2D eigenvalue weighted by Gasteiger charge is -2.31. The SMILES string of the molecule is CC(=O)Nc1cccc(-c2nccc(N3CCC[C@H](O)C3)n2)c1. The summed E-state index contributed by atoms with van der Waals surface area (Å²) < 4.78 is 0. The Bertz CT molecular complexity index is 704. The zero-order valence-corrected chi connectivity index (χ0v) is 13.1. The van der Waals surface area contributed by atoms with Gasteiger partial charge in [-0.3, -0.25) is 4.79 Å². The lowest BCUT2D eigenvalue weighted by atomic mass is 10.1. The van der Waals surface area contributed by atoms with Crippen molar-refractivity contribution in [1.82, 2.24) is 9.97 Å². The zero-order valence-electron chi connectivity index (χ0n) is 13.1. The van der Waals surface area contributed by atoms with Gasteiger partial charge in [-0.2, -0.15) is 0 Å². The van der Waals surface area contributed by atoms with Crippen molar-refractivity contribution >= 4 is 17.4 Å². The smallest absolute Gasteiger partial charge is 0.221 e. The molecule has 0 bridgehead atoms. The number of anilines is 2. The Labute approximate surface area is 135 Å². The number of aliphatic hydroxyl groups excluding tert-OH is 1. The van der Waals surface area contributed by atoms with Gasteiger partial charge in [-0.15, -0.1) is 0 Å². The van der Waals surface area contributed by atoms with Gasteiger partial charge in [-0.05, 0) is 31.0 Å². The number of aliphatic hydroxyl groups is 1. The fourth-order valence-electron chi connectivity index (χ4n) is 2.77. The van der Waals surface area contributed by atoms with Crippen LogP contribution >= 0.6 is 0 Å². The fourth-order valence-corrected chi connectivity index (χ4v) is 2.77. The number of nitrogens with one attached hydrogen (secondary N) is 1. The third kappa shape index (κ3) is 3.84. The van der Waals surface area contributed by atoms with Crippen molar-refractivity contribution in [3.8, 4) is 11.4 Å². The first-order valence-corrected chi connectivity index (χ1v) is 7.76. The minimum absolute atomic E-state index is 0.112. The summed E-state index contributed by atoms with van der Waals surface area (Å²) in [5.74, 6) is 1.31. The second kappa shape index (κ2) is 6.75. The summed E-state index contributed by atoms with van der Waals surface area (Å²) in [7, 11) is 0. The van der Waals surface area contributed by atoms with E-state index in [1.807, 2.05) is 30.3 Å². The normalized spacial score (nSPS) is 17.8. The molecule has 6 nitrogen and oxygen atoms in total. The number of hydrogen-bond donors (Lipinski definition) is 2. The van der Waals surface area contributed by atoms with Crippen LogP contribution in [0.5, 0.6) is 0 Å². The van der Waals surface area contributed by atoms with E-state index in [4.69, 9.17) is 0 Å². The van der Waals surface area contributed by atoms with Gasteiger partial charge in [0.1, 0.15) is 5.82 Å². The Hall–Kier alpha value is -2.47. The van der Waals surface area contributed by atoms with Gasteiger partial charge in [0.2, 0.25) is 5.91 Å². The van der Waals surface area contributed by atoms with Crippen molar-refractivity contribution in [3.63, 3.8) is 0 Å². The number of hydrogen-bond acceptors (Lipinski definition) is 5. The van der Waals surface area contributed by atoms with Gasteiger partial charge in [0.05, 0.1) is 6.10 Å². The van der Waals surface area contributed by atoms with Crippen LogP contribution in [0.3, 0.4) is 0 Å². The molecule has 6 heteroatoms. The standard InChI is InChI=1S/C17H20N4O2/c1-12(22)19-14-5-2-4-13(10-14)17-18-8-7-16(20-17)21-9-3-6-15(23)11-21/h2,4-5,7-8,10,15,23H,3,6,9,11H2,1H3,(H,19,22)/t15-/m0/s1. The van der Waals surface area contributed by atoms with E-state index in [9.17, 15) is 9.90 Å². The molecule has 120 valence electrons. The average Bonchev–Trinajstić information content (AvgIpc) is 2.55. The van der Waals surface area contributed by atoms with Crippen molar-refractivity contribution < 1.29 is 9.90 Å². The summed E-state index contributed by atoms with van der Waals surface area (Å²) in [5, 5.41) is 12.6. The quantitative estimate of drug-likeness (QED) is 0.907. The van der Waals surface area contributed by atoms with Crippen molar-refractivity contribution in [2.45, 2.75) is 25.9 Å². The van der Waals surface area contributed by atoms with E-state index in [0.29, 0.717) is 12.4 Å². The molecular weight excluding hydrogens is 292 g/mol. The number of rotatable bonds is 3. The molecule has 0 unspecified atom stereocenters. The molecule has 1 amide bonds. The van der Waals surface area contributed by atoms with E-state index < -0.39 is 0 Å². The second-order valence-electron chi connectivity index (χ2n) is 5.74. The van der Waals surface area contributed by atoms with Gasteiger partial charge in [0.25, 0.3) is 0 Å². The summed E-state index contributed by atoms with van der Waals surface area (Å²) in [6, 6.07) is 9.32. The number of benzene rings is 1. The highest BCUT2D eigenvalue weighted by Crippen LogP contribution is 2.23. The van der Waals surface area contributed by atoms with E-state index in [1.54, 1.807) is 6.20 Å². The van der Waals surface area contributed by atoms with Crippen molar-refractivity contribution in [3.05, 3.63) is 36.5 Å². The molecule has 0 radical (unpaired) electrons. The van der Waals surface area contributed by atoms with E-state index in [0.717, 1.165) is 36.5 Å². The van der Waals surface area contributed by atoms with E-state index >= 15 is 0 Å². The topological polar surface area (TPSA) is 78.4 Å². The third-order valence-electron chi connectivity index (χ3n) is 3.80. The van der Waals surface area contributed by atoms with Gasteiger partial charge < -0.3 is 15.3 Å². The van der Waals surface area contributed by atoms with Crippen LogP contribution < -0.4 is 10.2 Å². The molecule has 3 rings (SSSR count). The predicted molar refractivity (Wildman–Crippen MR) is 89.2 cm³/mol. The molecular formula is C17H20N4O2. The fraction of sp³-hybridized carbons (Fsp3) is 0.353. The first-order valence-electron chi connectivity index (χ1n) is 7.76. The lowest BCUT2D eigenvalue weighted by molar-refractivity contribution is -0.114. The minimum atomic E-state index is -0.301. The van der Waals surface area contributed by atoms with E-state index in [2.05, 4.69) is 20.2 Å². The summed E-state index contributed by atoms with van der Waals surface area (Å²) in [6.07, 6.45) is 3.22. The van der Waals surface area contributed by atoms with Crippen LogP contribution in [0.15, 0.2) is 36.5 Å². The summed E-state index contributed by atoms with van der Waals surface area (Å²) >= 11 is 0. The third-order valence-corrected chi connectivity index (χ3v) is 3.80. The molecule has 0 spiro atoms. The molecule has 1 aliphatic heterocycles.